The number of rotatable bonds is 4. The molecule has 0 aliphatic heterocycles. The lowest BCUT2D eigenvalue weighted by Crippen LogP contribution is -2.04. The van der Waals surface area contributed by atoms with Crippen LogP contribution in [0.15, 0.2) is 191 Å². The summed E-state index contributed by atoms with van der Waals surface area (Å²) in [6, 6.07) is 63.3. The molecule has 0 atom stereocenters. The summed E-state index contributed by atoms with van der Waals surface area (Å²) in [5.74, 6) is 1.70. The SMILES string of the molecule is c1ccc2cc3c(cc2c1)c1ccccc1n3-c1cc2oc3ccccc3c2cc1-c1nc(-c2cccc3ccccc23)nc(-c2cccc3oc4ccccc4c23)n1. The predicted octanol–water partition coefficient (Wildman–Crippen LogP) is 14.1. The Balaban J connectivity index is 1.18. The Morgan fingerprint density at radius 1 is 0.322 bits per heavy atom. The van der Waals surface area contributed by atoms with E-state index in [9.17, 15) is 0 Å². The lowest BCUT2D eigenvalue weighted by Gasteiger charge is -2.16. The van der Waals surface area contributed by atoms with Crippen molar-refractivity contribution in [3.8, 4) is 39.9 Å². The number of para-hydroxylation sites is 3. The number of nitrogens with zero attached hydrogens (tertiary/aromatic N) is 4. The van der Waals surface area contributed by atoms with Gasteiger partial charge in [-0.15, -0.1) is 0 Å². The zero-order chi connectivity index (χ0) is 38.6. The van der Waals surface area contributed by atoms with E-state index in [1.807, 2.05) is 42.5 Å². The van der Waals surface area contributed by atoms with Crippen LogP contribution in [0.25, 0.3) is 127 Å². The average Bonchev–Trinajstić information content (AvgIpc) is 3.96. The van der Waals surface area contributed by atoms with Gasteiger partial charge < -0.3 is 13.4 Å². The van der Waals surface area contributed by atoms with Crippen molar-refractivity contribution in [2.24, 2.45) is 0 Å². The fourth-order valence-electron chi connectivity index (χ4n) is 9.16. The fraction of sp³-hybridized carbons (Fsp3) is 0. The standard InChI is InChI=1S/C53H30N4O2/c1-2-15-33-28-44-40(27-32(33)14-1)35-18-5-8-23-43(35)57(44)45-30-49-41(36-19-6-9-24-46(36)59-49)29-42(45)53-55-51(37-21-11-16-31-13-3-4-17-34(31)37)54-52(56-53)39-22-12-26-48-50(39)38-20-7-10-25-47(38)58-48/h1-30H. The molecule has 0 fully saturated rings. The van der Waals surface area contributed by atoms with E-state index in [1.165, 1.54) is 10.8 Å². The van der Waals surface area contributed by atoms with E-state index in [0.29, 0.717) is 17.5 Å². The third-order valence-corrected chi connectivity index (χ3v) is 11.8. The summed E-state index contributed by atoms with van der Waals surface area (Å²) in [6.07, 6.45) is 0. The van der Waals surface area contributed by atoms with Gasteiger partial charge in [0.05, 0.1) is 16.7 Å². The highest BCUT2D eigenvalue weighted by Gasteiger charge is 2.24. The first-order valence-corrected chi connectivity index (χ1v) is 19.8. The van der Waals surface area contributed by atoms with Crippen LogP contribution in [-0.2, 0) is 0 Å². The Morgan fingerprint density at radius 3 is 1.71 bits per heavy atom. The maximum atomic E-state index is 6.61. The summed E-state index contributed by atoms with van der Waals surface area (Å²) >= 11 is 0. The summed E-state index contributed by atoms with van der Waals surface area (Å²) in [6.45, 7) is 0. The molecule has 0 amide bonds. The first-order chi connectivity index (χ1) is 29.2. The normalized spacial score (nSPS) is 12.1. The van der Waals surface area contributed by atoms with Crippen molar-refractivity contribution in [2.75, 3.05) is 0 Å². The van der Waals surface area contributed by atoms with Crippen molar-refractivity contribution in [3.05, 3.63) is 182 Å². The Kier molecular flexibility index (Phi) is 6.63. The van der Waals surface area contributed by atoms with E-state index in [2.05, 4.69) is 144 Å². The molecule has 13 aromatic rings. The van der Waals surface area contributed by atoms with Crippen LogP contribution in [0, 0.1) is 0 Å². The maximum Gasteiger partial charge on any atom is 0.166 e. The van der Waals surface area contributed by atoms with Crippen LogP contribution < -0.4 is 0 Å². The van der Waals surface area contributed by atoms with Gasteiger partial charge in [-0.2, -0.15) is 0 Å². The summed E-state index contributed by atoms with van der Waals surface area (Å²) in [4.78, 5) is 16.2. The summed E-state index contributed by atoms with van der Waals surface area (Å²) in [7, 11) is 0. The van der Waals surface area contributed by atoms with Gasteiger partial charge in [-0.25, -0.2) is 15.0 Å². The van der Waals surface area contributed by atoms with Crippen molar-refractivity contribution >= 4 is 87.2 Å². The van der Waals surface area contributed by atoms with Gasteiger partial charge in [0.1, 0.15) is 22.3 Å². The molecule has 0 saturated heterocycles. The van der Waals surface area contributed by atoms with E-state index in [-0.39, 0.29) is 0 Å². The molecule has 0 unspecified atom stereocenters. The van der Waals surface area contributed by atoms with Crippen molar-refractivity contribution in [2.45, 2.75) is 0 Å². The molecule has 4 heterocycles. The van der Waals surface area contributed by atoms with Crippen LogP contribution in [0.4, 0.5) is 0 Å². The third-order valence-electron chi connectivity index (χ3n) is 11.8. The van der Waals surface area contributed by atoms with Crippen molar-refractivity contribution in [3.63, 3.8) is 0 Å². The molecule has 0 radical (unpaired) electrons. The number of fused-ring (bicyclic) bond motifs is 11. The van der Waals surface area contributed by atoms with Gasteiger partial charge in [-0.1, -0.05) is 133 Å². The second kappa shape index (κ2) is 12.2. The molecule has 6 heteroatoms. The Bertz CT molecular complexity index is 3870. The second-order valence-corrected chi connectivity index (χ2v) is 15.1. The summed E-state index contributed by atoms with van der Waals surface area (Å²) in [5.41, 5.74) is 8.93. The van der Waals surface area contributed by atoms with Gasteiger partial charge in [-0.05, 0) is 64.0 Å². The van der Waals surface area contributed by atoms with Gasteiger partial charge in [0.2, 0.25) is 0 Å². The largest absolute Gasteiger partial charge is 0.456 e. The molecule has 0 N–H and O–H groups in total. The van der Waals surface area contributed by atoms with Gasteiger partial charge in [-0.3, -0.25) is 0 Å². The highest BCUT2D eigenvalue weighted by molar-refractivity contribution is 6.15. The smallest absolute Gasteiger partial charge is 0.166 e. The van der Waals surface area contributed by atoms with Crippen LogP contribution in [0.3, 0.4) is 0 Å². The fourth-order valence-corrected chi connectivity index (χ4v) is 9.16. The van der Waals surface area contributed by atoms with E-state index in [1.54, 1.807) is 0 Å². The van der Waals surface area contributed by atoms with Crippen LogP contribution >= 0.6 is 0 Å². The zero-order valence-corrected chi connectivity index (χ0v) is 31.4. The number of hydrogen-bond donors (Lipinski definition) is 0. The minimum absolute atomic E-state index is 0.552. The summed E-state index contributed by atoms with van der Waals surface area (Å²) in [5, 5.41) is 10.9. The molecule has 59 heavy (non-hydrogen) atoms. The molecule has 0 spiro atoms. The molecule has 0 aliphatic carbocycles. The van der Waals surface area contributed by atoms with Crippen LogP contribution in [0.2, 0.25) is 0 Å². The van der Waals surface area contributed by atoms with Gasteiger partial charge >= 0.3 is 0 Å². The monoisotopic (exact) mass is 754 g/mol. The lowest BCUT2D eigenvalue weighted by atomic mass is 10.0. The van der Waals surface area contributed by atoms with Crippen molar-refractivity contribution in [1.82, 2.24) is 19.5 Å². The Hall–Kier alpha value is -8.09. The Morgan fingerprint density at radius 2 is 0.881 bits per heavy atom. The highest BCUT2D eigenvalue weighted by Crippen LogP contribution is 2.43. The molecule has 0 aliphatic rings. The predicted molar refractivity (Wildman–Crippen MR) is 240 cm³/mol. The Labute approximate surface area is 336 Å². The molecular formula is C53H30N4O2. The number of furan rings is 2. The quantitative estimate of drug-likeness (QED) is 0.179. The van der Waals surface area contributed by atoms with Crippen LogP contribution in [-0.4, -0.2) is 19.5 Å². The van der Waals surface area contributed by atoms with Crippen molar-refractivity contribution in [1.29, 1.82) is 0 Å². The van der Waals surface area contributed by atoms with Crippen LogP contribution in [0.1, 0.15) is 0 Å². The zero-order valence-electron chi connectivity index (χ0n) is 31.4. The first-order valence-electron chi connectivity index (χ1n) is 19.8. The molecule has 6 nitrogen and oxygen atoms in total. The summed E-state index contributed by atoms with van der Waals surface area (Å²) < 4.78 is 15.3. The van der Waals surface area contributed by atoms with Gasteiger partial charge in [0.25, 0.3) is 0 Å². The minimum Gasteiger partial charge on any atom is -0.456 e. The molecular weight excluding hydrogens is 725 g/mol. The first kappa shape index (κ1) is 32.0. The van der Waals surface area contributed by atoms with E-state index < -0.39 is 0 Å². The van der Waals surface area contributed by atoms with E-state index in [4.69, 9.17) is 23.8 Å². The topological polar surface area (TPSA) is 69.9 Å². The molecule has 274 valence electrons. The minimum atomic E-state index is 0.552. The highest BCUT2D eigenvalue weighted by atomic mass is 16.3. The lowest BCUT2D eigenvalue weighted by molar-refractivity contribution is 0.668. The molecule has 9 aromatic carbocycles. The van der Waals surface area contributed by atoms with Crippen LogP contribution in [0.5, 0.6) is 0 Å². The van der Waals surface area contributed by atoms with Crippen molar-refractivity contribution < 1.29 is 8.83 Å². The van der Waals surface area contributed by atoms with E-state index >= 15 is 0 Å². The molecule has 4 aromatic heterocycles. The van der Waals surface area contributed by atoms with E-state index in [0.717, 1.165) is 98.8 Å². The third kappa shape index (κ3) is 4.77. The molecule has 13 rings (SSSR count). The maximum absolute atomic E-state index is 6.61. The van der Waals surface area contributed by atoms with Gasteiger partial charge in [0.15, 0.2) is 17.5 Å². The second-order valence-electron chi connectivity index (χ2n) is 15.1. The number of benzene rings is 9. The molecule has 0 saturated carbocycles. The average molecular weight is 755 g/mol. The number of aromatic nitrogens is 4. The molecule has 0 bridgehead atoms. The van der Waals surface area contributed by atoms with Gasteiger partial charge in [0, 0.05) is 55.1 Å². The number of hydrogen-bond acceptors (Lipinski definition) is 5.